The first kappa shape index (κ1) is 25.6. The maximum atomic E-state index is 14.0. The molecule has 2 aliphatic rings. The van der Waals surface area contributed by atoms with Gasteiger partial charge in [-0.05, 0) is 43.5 Å². The molecule has 0 aliphatic carbocycles. The Morgan fingerprint density at radius 3 is 2.51 bits per heavy atom. The standard InChI is InChI=1S/C26H34F2N2O5/c1-33-21-5-3-4-20(15-21)30-12-9-25(31,10-13-30)16-29-11-8-24(34-2)26(32,17-29)18-35-23-14-19(27)6-7-22(23)28/h3-7,14-15,24,31-32H,8-13,16-18H2,1-2H3/t24-,26+/m1/s1. The van der Waals surface area contributed by atoms with Crippen LogP contribution in [0.25, 0.3) is 0 Å². The number of anilines is 1. The zero-order valence-electron chi connectivity index (χ0n) is 20.3. The predicted molar refractivity (Wildman–Crippen MR) is 128 cm³/mol. The molecule has 2 heterocycles. The first-order valence-corrected chi connectivity index (χ1v) is 11.9. The quantitative estimate of drug-likeness (QED) is 0.587. The highest BCUT2D eigenvalue weighted by Crippen LogP contribution is 2.32. The monoisotopic (exact) mass is 492 g/mol. The van der Waals surface area contributed by atoms with E-state index in [1.807, 2.05) is 29.2 Å². The van der Waals surface area contributed by atoms with Gasteiger partial charge in [-0.2, -0.15) is 0 Å². The van der Waals surface area contributed by atoms with Crippen molar-refractivity contribution in [2.45, 2.75) is 36.6 Å². The number of piperidine rings is 2. The molecule has 2 fully saturated rings. The van der Waals surface area contributed by atoms with Crippen molar-refractivity contribution in [3.05, 3.63) is 54.1 Å². The second kappa shape index (κ2) is 10.7. The number of β-amino-alcohol motifs (C(OH)–C–C–N with tert-alkyl or cyclic N) is 2. The third kappa shape index (κ3) is 6.03. The Kier molecular flexibility index (Phi) is 7.80. The van der Waals surface area contributed by atoms with Crippen LogP contribution in [0.4, 0.5) is 14.5 Å². The van der Waals surface area contributed by atoms with E-state index in [-0.39, 0.29) is 18.9 Å². The van der Waals surface area contributed by atoms with Crippen molar-refractivity contribution in [3.8, 4) is 11.5 Å². The first-order chi connectivity index (χ1) is 16.7. The van der Waals surface area contributed by atoms with Crippen molar-refractivity contribution in [1.29, 1.82) is 0 Å². The van der Waals surface area contributed by atoms with E-state index in [1.165, 1.54) is 7.11 Å². The van der Waals surface area contributed by atoms with Gasteiger partial charge in [-0.25, -0.2) is 8.78 Å². The summed E-state index contributed by atoms with van der Waals surface area (Å²) >= 11 is 0. The van der Waals surface area contributed by atoms with Crippen LogP contribution < -0.4 is 14.4 Å². The summed E-state index contributed by atoms with van der Waals surface area (Å²) in [5.41, 5.74) is -1.28. The van der Waals surface area contributed by atoms with Crippen molar-refractivity contribution in [3.63, 3.8) is 0 Å². The molecule has 2 saturated heterocycles. The molecule has 7 nitrogen and oxygen atoms in total. The van der Waals surface area contributed by atoms with Crippen LogP contribution in [0.2, 0.25) is 0 Å². The smallest absolute Gasteiger partial charge is 0.165 e. The van der Waals surface area contributed by atoms with E-state index in [2.05, 4.69) is 4.90 Å². The third-order valence-electron chi connectivity index (χ3n) is 7.09. The molecule has 4 rings (SSSR count). The molecule has 9 heteroatoms. The molecule has 2 aromatic rings. The molecule has 0 aromatic heterocycles. The molecule has 0 amide bonds. The van der Waals surface area contributed by atoms with Gasteiger partial charge in [0, 0.05) is 57.7 Å². The number of methoxy groups -OCH3 is 2. The summed E-state index contributed by atoms with van der Waals surface area (Å²) in [7, 11) is 3.15. The van der Waals surface area contributed by atoms with E-state index in [1.54, 1.807) is 7.11 Å². The number of halogens is 2. The highest BCUT2D eigenvalue weighted by molar-refractivity contribution is 5.51. The second-order valence-electron chi connectivity index (χ2n) is 9.60. The van der Waals surface area contributed by atoms with Gasteiger partial charge in [-0.15, -0.1) is 0 Å². The van der Waals surface area contributed by atoms with Crippen LogP contribution in [0, 0.1) is 11.6 Å². The Labute approximate surface area is 204 Å². The summed E-state index contributed by atoms with van der Waals surface area (Å²) in [6, 6.07) is 10.8. The first-order valence-electron chi connectivity index (χ1n) is 11.9. The number of aliphatic hydroxyl groups is 2. The number of nitrogens with zero attached hydrogens (tertiary/aromatic N) is 2. The number of ether oxygens (including phenoxy) is 3. The van der Waals surface area contributed by atoms with Crippen LogP contribution in [-0.2, 0) is 4.74 Å². The van der Waals surface area contributed by atoms with Crippen LogP contribution in [-0.4, -0.2) is 86.0 Å². The summed E-state index contributed by atoms with van der Waals surface area (Å²) in [4.78, 5) is 4.23. The summed E-state index contributed by atoms with van der Waals surface area (Å²) in [6.45, 7) is 2.35. The minimum absolute atomic E-state index is 0.185. The average Bonchev–Trinajstić information content (AvgIpc) is 2.85. The lowest BCUT2D eigenvalue weighted by atomic mass is 9.86. The summed E-state index contributed by atoms with van der Waals surface area (Å²) in [5, 5.41) is 22.7. The molecule has 0 spiro atoms. The lowest BCUT2D eigenvalue weighted by Crippen LogP contribution is -2.63. The van der Waals surface area contributed by atoms with Gasteiger partial charge in [0.05, 0.1) is 18.8 Å². The van der Waals surface area contributed by atoms with E-state index in [9.17, 15) is 19.0 Å². The number of hydrogen-bond donors (Lipinski definition) is 2. The summed E-state index contributed by atoms with van der Waals surface area (Å²) in [5.74, 6) is -0.781. The number of likely N-dealkylation sites (tertiary alicyclic amines) is 1. The Hall–Kier alpha value is -2.46. The van der Waals surface area contributed by atoms with Crippen molar-refractivity contribution >= 4 is 5.69 Å². The Balaban J connectivity index is 1.37. The lowest BCUT2D eigenvalue weighted by Gasteiger charge is -2.47. The molecule has 0 unspecified atom stereocenters. The largest absolute Gasteiger partial charge is 0.497 e. The molecule has 2 atom stereocenters. The second-order valence-corrected chi connectivity index (χ2v) is 9.60. The van der Waals surface area contributed by atoms with Gasteiger partial charge < -0.3 is 29.3 Å². The van der Waals surface area contributed by atoms with E-state index in [0.717, 1.165) is 29.6 Å². The molecular weight excluding hydrogens is 458 g/mol. The Bertz CT molecular complexity index is 1000. The molecule has 2 N–H and O–H groups in total. The van der Waals surface area contributed by atoms with Crippen LogP contribution in [0.15, 0.2) is 42.5 Å². The molecule has 0 saturated carbocycles. The van der Waals surface area contributed by atoms with Gasteiger partial charge in [-0.3, -0.25) is 4.90 Å². The van der Waals surface area contributed by atoms with Gasteiger partial charge >= 0.3 is 0 Å². The number of benzene rings is 2. The lowest BCUT2D eigenvalue weighted by molar-refractivity contribution is -0.160. The third-order valence-corrected chi connectivity index (χ3v) is 7.09. The van der Waals surface area contributed by atoms with Crippen molar-refractivity contribution < 1.29 is 33.2 Å². The van der Waals surface area contributed by atoms with E-state index >= 15 is 0 Å². The Morgan fingerprint density at radius 1 is 1.03 bits per heavy atom. The van der Waals surface area contributed by atoms with E-state index < -0.39 is 28.9 Å². The topological polar surface area (TPSA) is 74.6 Å². The van der Waals surface area contributed by atoms with Crippen LogP contribution in [0.3, 0.4) is 0 Å². The number of hydrogen-bond acceptors (Lipinski definition) is 7. The normalized spacial score (nSPS) is 24.9. The van der Waals surface area contributed by atoms with Gasteiger partial charge in [0.25, 0.3) is 0 Å². The van der Waals surface area contributed by atoms with Crippen molar-refractivity contribution in [2.75, 3.05) is 58.5 Å². The van der Waals surface area contributed by atoms with Gasteiger partial charge in [0.2, 0.25) is 0 Å². The maximum Gasteiger partial charge on any atom is 0.165 e. The molecule has 35 heavy (non-hydrogen) atoms. The molecule has 2 aromatic carbocycles. The maximum absolute atomic E-state index is 14.0. The van der Waals surface area contributed by atoms with Gasteiger partial charge in [-0.1, -0.05) is 6.07 Å². The molecular formula is C26H34F2N2O5. The predicted octanol–water partition coefficient (Wildman–Crippen LogP) is 2.84. The van der Waals surface area contributed by atoms with Crippen LogP contribution >= 0.6 is 0 Å². The van der Waals surface area contributed by atoms with Gasteiger partial charge in [0.15, 0.2) is 11.6 Å². The fourth-order valence-corrected chi connectivity index (χ4v) is 5.10. The number of rotatable bonds is 8. The molecule has 0 radical (unpaired) electrons. The Morgan fingerprint density at radius 2 is 1.80 bits per heavy atom. The molecule has 2 aliphatic heterocycles. The zero-order chi connectivity index (χ0) is 25.1. The van der Waals surface area contributed by atoms with Crippen molar-refractivity contribution in [2.24, 2.45) is 0 Å². The highest BCUT2D eigenvalue weighted by atomic mass is 19.1. The fraction of sp³-hybridized carbons (Fsp3) is 0.538. The van der Waals surface area contributed by atoms with E-state index in [0.29, 0.717) is 45.4 Å². The molecule has 192 valence electrons. The highest BCUT2D eigenvalue weighted by Gasteiger charge is 2.45. The van der Waals surface area contributed by atoms with E-state index in [4.69, 9.17) is 14.2 Å². The average molecular weight is 493 g/mol. The minimum atomic E-state index is -1.44. The fourth-order valence-electron chi connectivity index (χ4n) is 5.10. The van der Waals surface area contributed by atoms with Crippen molar-refractivity contribution in [1.82, 2.24) is 4.90 Å². The van der Waals surface area contributed by atoms with Gasteiger partial charge in [0.1, 0.15) is 23.8 Å². The van der Waals surface area contributed by atoms with Crippen LogP contribution in [0.1, 0.15) is 19.3 Å². The van der Waals surface area contributed by atoms with Crippen LogP contribution in [0.5, 0.6) is 11.5 Å². The summed E-state index contributed by atoms with van der Waals surface area (Å²) < 4.78 is 43.8. The zero-order valence-corrected chi connectivity index (χ0v) is 20.3. The summed E-state index contributed by atoms with van der Waals surface area (Å²) in [6.07, 6.45) is 1.16. The molecule has 0 bridgehead atoms. The minimum Gasteiger partial charge on any atom is -0.497 e. The SMILES string of the molecule is COc1cccc(N2CCC(O)(CN3CC[C@@H](OC)[C@@](O)(COc4cc(F)ccc4F)C3)CC2)c1.